The molecule has 0 aromatic carbocycles. The third-order valence-electron chi connectivity index (χ3n) is 3.21. The third kappa shape index (κ3) is 2.59. The van der Waals surface area contributed by atoms with Crippen LogP contribution in [0.1, 0.15) is 23.8 Å². The van der Waals surface area contributed by atoms with Gasteiger partial charge in [0, 0.05) is 19.1 Å². The van der Waals surface area contributed by atoms with Crippen molar-refractivity contribution in [2.45, 2.75) is 19.4 Å². The Labute approximate surface area is 110 Å². The molecule has 17 heavy (non-hydrogen) atoms. The van der Waals surface area contributed by atoms with Crippen molar-refractivity contribution in [1.82, 2.24) is 9.88 Å². The van der Waals surface area contributed by atoms with Crippen molar-refractivity contribution in [1.29, 1.82) is 0 Å². The fourth-order valence-electron chi connectivity index (χ4n) is 2.04. The molecule has 2 rings (SSSR count). The minimum Gasteiger partial charge on any atom is -0.340 e. The minimum atomic E-state index is -0.0717. The average Bonchev–Trinajstić information content (AvgIpc) is 2.62. The van der Waals surface area contributed by atoms with Crippen LogP contribution < -0.4 is 5.73 Å². The molecule has 2 atom stereocenters. The van der Waals surface area contributed by atoms with Crippen LogP contribution in [0.25, 0.3) is 0 Å². The fraction of sp³-hybridized carbons (Fsp3) is 0.545. The van der Waals surface area contributed by atoms with Crippen molar-refractivity contribution in [2.24, 2.45) is 11.7 Å². The van der Waals surface area contributed by atoms with Gasteiger partial charge in [-0.25, -0.2) is 0 Å². The number of hydrogen-bond acceptors (Lipinski definition) is 2. The highest BCUT2D eigenvalue weighted by Gasteiger charge is 2.27. The molecular weight excluding hydrogens is 261 g/mol. The van der Waals surface area contributed by atoms with Crippen molar-refractivity contribution in [3.63, 3.8) is 0 Å². The molecule has 2 heterocycles. The number of carbonyl (C=O) groups is 1. The van der Waals surface area contributed by atoms with Crippen LogP contribution in [0.15, 0.2) is 6.07 Å². The highest BCUT2D eigenvalue weighted by molar-refractivity contribution is 6.41. The Hall–Kier alpha value is -0.710. The summed E-state index contributed by atoms with van der Waals surface area (Å²) < 4.78 is 0. The van der Waals surface area contributed by atoms with Gasteiger partial charge >= 0.3 is 0 Å². The molecule has 1 aliphatic heterocycles. The molecule has 1 aromatic rings. The second kappa shape index (κ2) is 4.88. The lowest BCUT2D eigenvalue weighted by Crippen LogP contribution is -2.48. The molecule has 4 nitrogen and oxygen atoms in total. The van der Waals surface area contributed by atoms with E-state index < -0.39 is 0 Å². The van der Waals surface area contributed by atoms with E-state index in [1.165, 1.54) is 0 Å². The summed E-state index contributed by atoms with van der Waals surface area (Å²) in [7, 11) is 0. The lowest BCUT2D eigenvalue weighted by atomic mass is 9.94. The Morgan fingerprint density at radius 3 is 2.82 bits per heavy atom. The molecule has 0 saturated carbocycles. The lowest BCUT2D eigenvalue weighted by molar-refractivity contribution is 0.0659. The summed E-state index contributed by atoms with van der Waals surface area (Å²) in [5, 5.41) is 0.675. The van der Waals surface area contributed by atoms with Crippen molar-refractivity contribution in [3.05, 3.63) is 21.9 Å². The molecule has 6 heteroatoms. The molecule has 0 spiro atoms. The van der Waals surface area contributed by atoms with Gasteiger partial charge in [-0.3, -0.25) is 4.79 Å². The number of aromatic amines is 1. The normalized spacial score (nSPS) is 25.1. The van der Waals surface area contributed by atoms with Gasteiger partial charge in [0.05, 0.1) is 5.02 Å². The first kappa shape index (κ1) is 12.7. The summed E-state index contributed by atoms with van der Waals surface area (Å²) in [5.74, 6) is 0.242. The topological polar surface area (TPSA) is 62.1 Å². The Morgan fingerprint density at radius 1 is 1.59 bits per heavy atom. The van der Waals surface area contributed by atoms with Crippen molar-refractivity contribution in [2.75, 3.05) is 13.1 Å². The van der Waals surface area contributed by atoms with E-state index in [9.17, 15) is 4.79 Å². The molecule has 3 N–H and O–H groups in total. The number of amides is 1. The number of nitrogens with two attached hydrogens (primary N) is 1. The van der Waals surface area contributed by atoms with Crippen LogP contribution in [-0.4, -0.2) is 34.9 Å². The molecule has 0 bridgehead atoms. The van der Waals surface area contributed by atoms with E-state index in [0.29, 0.717) is 34.9 Å². The van der Waals surface area contributed by atoms with E-state index in [1.807, 2.05) is 0 Å². The lowest BCUT2D eigenvalue weighted by Gasteiger charge is -2.34. The number of nitrogens with one attached hydrogen (secondary N) is 1. The predicted molar refractivity (Wildman–Crippen MR) is 68.5 cm³/mol. The van der Waals surface area contributed by atoms with Crippen molar-refractivity contribution < 1.29 is 4.79 Å². The Kier molecular flexibility index (Phi) is 3.66. The standard InChI is InChI=1S/C11H15Cl2N3O/c1-6-5-16(3-2-8(6)14)11(17)9-4-7(12)10(13)15-9/h4,6,8,15H,2-3,5,14H2,1H3. The van der Waals surface area contributed by atoms with Crippen LogP contribution in [0.3, 0.4) is 0 Å². The molecule has 94 valence electrons. The van der Waals surface area contributed by atoms with Gasteiger partial charge in [0.15, 0.2) is 0 Å². The summed E-state index contributed by atoms with van der Waals surface area (Å²) >= 11 is 11.6. The number of likely N-dealkylation sites (tertiary alicyclic amines) is 1. The molecule has 1 amide bonds. The van der Waals surface area contributed by atoms with Crippen LogP contribution in [0, 0.1) is 5.92 Å². The Morgan fingerprint density at radius 2 is 2.29 bits per heavy atom. The van der Waals surface area contributed by atoms with E-state index in [1.54, 1.807) is 11.0 Å². The first-order valence-corrected chi connectivity index (χ1v) is 6.33. The zero-order chi connectivity index (χ0) is 12.6. The zero-order valence-electron chi connectivity index (χ0n) is 9.54. The maximum atomic E-state index is 12.2. The Bertz CT molecular complexity index is 413. The van der Waals surface area contributed by atoms with Crippen LogP contribution in [0.5, 0.6) is 0 Å². The number of rotatable bonds is 1. The molecule has 1 aromatic heterocycles. The molecule has 0 aliphatic carbocycles. The predicted octanol–water partition coefficient (Wildman–Crippen LogP) is 2.13. The van der Waals surface area contributed by atoms with E-state index in [4.69, 9.17) is 28.9 Å². The minimum absolute atomic E-state index is 0.0717. The largest absolute Gasteiger partial charge is 0.340 e. The molecule has 1 saturated heterocycles. The maximum Gasteiger partial charge on any atom is 0.270 e. The van der Waals surface area contributed by atoms with Crippen LogP contribution >= 0.6 is 23.2 Å². The van der Waals surface area contributed by atoms with Gasteiger partial charge in [-0.2, -0.15) is 0 Å². The van der Waals surface area contributed by atoms with Crippen molar-refractivity contribution in [3.8, 4) is 0 Å². The number of halogens is 2. The maximum absolute atomic E-state index is 12.2. The van der Waals surface area contributed by atoms with E-state index in [2.05, 4.69) is 11.9 Å². The zero-order valence-corrected chi connectivity index (χ0v) is 11.1. The van der Waals surface area contributed by atoms with Crippen LogP contribution in [0.2, 0.25) is 10.2 Å². The number of piperidine rings is 1. The van der Waals surface area contributed by atoms with Gasteiger partial charge in [0.2, 0.25) is 0 Å². The molecule has 1 aliphatic rings. The summed E-state index contributed by atoms with van der Waals surface area (Å²) in [6, 6.07) is 1.74. The monoisotopic (exact) mass is 275 g/mol. The number of H-pyrrole nitrogens is 1. The van der Waals surface area contributed by atoms with Gasteiger partial charge in [-0.1, -0.05) is 30.1 Å². The van der Waals surface area contributed by atoms with E-state index in [0.717, 1.165) is 6.42 Å². The molecule has 2 unspecified atom stereocenters. The third-order valence-corrected chi connectivity index (χ3v) is 3.91. The average molecular weight is 276 g/mol. The number of carbonyl (C=O) groups excluding carboxylic acids is 1. The van der Waals surface area contributed by atoms with Gasteiger partial charge < -0.3 is 15.6 Å². The quantitative estimate of drug-likeness (QED) is 0.825. The number of nitrogens with zero attached hydrogens (tertiary/aromatic N) is 1. The molecular formula is C11H15Cl2N3O. The van der Waals surface area contributed by atoms with Crippen LogP contribution in [-0.2, 0) is 0 Å². The summed E-state index contributed by atoms with van der Waals surface area (Å²) in [4.78, 5) is 16.7. The van der Waals surface area contributed by atoms with Gasteiger partial charge in [0.1, 0.15) is 10.8 Å². The van der Waals surface area contributed by atoms with Gasteiger partial charge in [-0.05, 0) is 18.4 Å². The van der Waals surface area contributed by atoms with E-state index >= 15 is 0 Å². The number of hydrogen-bond donors (Lipinski definition) is 2. The SMILES string of the molecule is CC1CN(C(=O)c2cc(Cl)c(Cl)[nH]2)CCC1N. The molecule has 0 radical (unpaired) electrons. The first-order chi connectivity index (χ1) is 7.99. The molecule has 1 fully saturated rings. The van der Waals surface area contributed by atoms with E-state index in [-0.39, 0.29) is 11.9 Å². The highest BCUT2D eigenvalue weighted by Crippen LogP contribution is 2.24. The second-order valence-corrected chi connectivity index (χ2v) is 5.31. The fourth-order valence-corrected chi connectivity index (χ4v) is 2.35. The summed E-state index contributed by atoms with van der Waals surface area (Å²) in [6.45, 7) is 3.41. The number of aromatic nitrogens is 1. The summed E-state index contributed by atoms with van der Waals surface area (Å²) in [5.41, 5.74) is 6.35. The van der Waals surface area contributed by atoms with Crippen molar-refractivity contribution >= 4 is 29.1 Å². The van der Waals surface area contributed by atoms with Gasteiger partial charge in [-0.15, -0.1) is 0 Å². The highest BCUT2D eigenvalue weighted by atomic mass is 35.5. The first-order valence-electron chi connectivity index (χ1n) is 5.58. The van der Waals surface area contributed by atoms with Crippen LogP contribution in [0.4, 0.5) is 0 Å². The second-order valence-electron chi connectivity index (χ2n) is 4.53. The van der Waals surface area contributed by atoms with Gasteiger partial charge in [0.25, 0.3) is 5.91 Å². The Balaban J connectivity index is 2.10. The summed E-state index contributed by atoms with van der Waals surface area (Å²) in [6.07, 6.45) is 0.828. The smallest absolute Gasteiger partial charge is 0.270 e.